The minimum absolute atomic E-state index is 0.103. The highest BCUT2D eigenvalue weighted by Crippen LogP contribution is 2.59. The van der Waals surface area contributed by atoms with Crippen molar-refractivity contribution >= 4 is 34.1 Å². The summed E-state index contributed by atoms with van der Waals surface area (Å²) < 4.78 is 0. The molecule has 5 atom stereocenters. The SMILES string of the molecule is CC1CC2CCCC(C2)C1c1ccc(N(c2ccccc2)c2ccc(-c3ccccc3C3(C)c4ccccc4-c4cc(-c5ccccc5)c(N(c5ccccc5)c5ccc6c(c5)-c5ccccc5C6(C)C)cc43)cc2-c2ccccc2)cc1. The lowest BCUT2D eigenvalue weighted by Crippen LogP contribution is -2.32. The molecular formula is C81H70N2. The topological polar surface area (TPSA) is 6.48 Å². The minimum atomic E-state index is -0.548. The van der Waals surface area contributed by atoms with Crippen molar-refractivity contribution in [3.63, 3.8) is 0 Å². The zero-order valence-corrected chi connectivity index (χ0v) is 48.1. The Bertz CT molecular complexity index is 4200. The number of hydrogen-bond acceptors (Lipinski definition) is 2. The molecule has 2 nitrogen and oxygen atoms in total. The minimum Gasteiger partial charge on any atom is -0.310 e. The summed E-state index contributed by atoms with van der Waals surface area (Å²) in [6, 6.07) is 101. The van der Waals surface area contributed by atoms with Crippen LogP contribution in [-0.2, 0) is 10.8 Å². The molecule has 0 amide bonds. The number of fused-ring (bicyclic) bond motifs is 8. The summed E-state index contributed by atoms with van der Waals surface area (Å²) in [5.41, 5.74) is 26.6. The van der Waals surface area contributed by atoms with E-state index in [1.807, 2.05) is 0 Å². The van der Waals surface area contributed by atoms with Crippen LogP contribution in [0.3, 0.4) is 0 Å². The quantitative estimate of drug-likeness (QED) is 0.127. The summed E-state index contributed by atoms with van der Waals surface area (Å²) in [7, 11) is 0. The van der Waals surface area contributed by atoms with Gasteiger partial charge in [0, 0.05) is 44.7 Å². The predicted octanol–water partition coefficient (Wildman–Crippen LogP) is 22.2. The van der Waals surface area contributed by atoms with Crippen LogP contribution in [0.4, 0.5) is 34.1 Å². The third-order valence-electron chi connectivity index (χ3n) is 19.9. The van der Waals surface area contributed by atoms with Gasteiger partial charge < -0.3 is 9.80 Å². The van der Waals surface area contributed by atoms with Crippen molar-refractivity contribution in [2.24, 2.45) is 17.8 Å². The van der Waals surface area contributed by atoms with E-state index in [-0.39, 0.29) is 5.41 Å². The molecule has 4 aliphatic rings. The predicted molar refractivity (Wildman–Crippen MR) is 349 cm³/mol. The highest BCUT2D eigenvalue weighted by Gasteiger charge is 2.44. The van der Waals surface area contributed by atoms with Crippen molar-refractivity contribution in [2.45, 2.75) is 76.5 Å². The van der Waals surface area contributed by atoms with Crippen molar-refractivity contribution in [3.8, 4) is 55.6 Å². The highest BCUT2D eigenvalue weighted by molar-refractivity contribution is 5.98. The van der Waals surface area contributed by atoms with E-state index in [4.69, 9.17) is 0 Å². The summed E-state index contributed by atoms with van der Waals surface area (Å²) in [5.74, 6) is 3.05. The van der Waals surface area contributed by atoms with Gasteiger partial charge in [0.2, 0.25) is 0 Å². The molecule has 15 rings (SSSR count). The van der Waals surface area contributed by atoms with E-state index in [0.717, 1.165) is 40.3 Å². The van der Waals surface area contributed by atoms with Gasteiger partial charge in [0.05, 0.1) is 11.4 Å². The molecule has 2 bridgehead atoms. The Morgan fingerprint density at radius 3 is 1.48 bits per heavy atom. The molecule has 5 unspecified atom stereocenters. The second-order valence-corrected chi connectivity index (χ2v) is 25.0. The van der Waals surface area contributed by atoms with Crippen LogP contribution in [0.5, 0.6) is 0 Å². The fourth-order valence-corrected chi connectivity index (χ4v) is 16.1. The summed E-state index contributed by atoms with van der Waals surface area (Å²) in [5, 5.41) is 0. The zero-order chi connectivity index (χ0) is 55.8. The van der Waals surface area contributed by atoms with Gasteiger partial charge in [0.25, 0.3) is 0 Å². The van der Waals surface area contributed by atoms with Crippen LogP contribution in [0.25, 0.3) is 55.6 Å². The zero-order valence-electron chi connectivity index (χ0n) is 48.1. The van der Waals surface area contributed by atoms with Crippen LogP contribution in [-0.4, -0.2) is 0 Å². The average Bonchev–Trinajstić information content (AvgIpc) is 3.90. The number of anilines is 6. The molecule has 11 aromatic carbocycles. The van der Waals surface area contributed by atoms with E-state index >= 15 is 0 Å². The molecule has 0 radical (unpaired) electrons. The molecule has 2 saturated carbocycles. The molecule has 0 heterocycles. The number of para-hydroxylation sites is 2. The second-order valence-electron chi connectivity index (χ2n) is 25.0. The summed E-state index contributed by atoms with van der Waals surface area (Å²) >= 11 is 0. The van der Waals surface area contributed by atoms with Gasteiger partial charge in [0.15, 0.2) is 0 Å². The maximum atomic E-state index is 2.55. The summed E-state index contributed by atoms with van der Waals surface area (Å²) in [6.45, 7) is 9.74. The van der Waals surface area contributed by atoms with Gasteiger partial charge in [0.1, 0.15) is 0 Å². The van der Waals surface area contributed by atoms with E-state index in [1.165, 1.54) is 127 Å². The lowest BCUT2D eigenvalue weighted by atomic mass is 9.61. The van der Waals surface area contributed by atoms with Gasteiger partial charge in [-0.05, 0) is 201 Å². The number of hydrogen-bond donors (Lipinski definition) is 0. The van der Waals surface area contributed by atoms with Crippen LogP contribution >= 0.6 is 0 Å². The molecular weight excluding hydrogens is 1000 g/mol. The molecule has 404 valence electrons. The molecule has 11 aromatic rings. The smallest absolute Gasteiger partial charge is 0.0543 e. The Balaban J connectivity index is 0.904. The Kier molecular flexibility index (Phi) is 12.6. The van der Waals surface area contributed by atoms with E-state index in [9.17, 15) is 0 Å². The van der Waals surface area contributed by atoms with Crippen molar-refractivity contribution in [1.82, 2.24) is 0 Å². The molecule has 4 aliphatic carbocycles. The third kappa shape index (κ3) is 8.51. The second kappa shape index (κ2) is 20.5. The fraction of sp³-hybridized carbons (Fsp3) is 0.185. The van der Waals surface area contributed by atoms with Crippen molar-refractivity contribution in [2.75, 3.05) is 9.80 Å². The van der Waals surface area contributed by atoms with Crippen LogP contribution in [0, 0.1) is 17.8 Å². The maximum absolute atomic E-state index is 2.55. The first-order valence-corrected chi connectivity index (χ1v) is 30.4. The Morgan fingerprint density at radius 1 is 0.337 bits per heavy atom. The van der Waals surface area contributed by atoms with Gasteiger partial charge in [-0.1, -0.05) is 228 Å². The largest absolute Gasteiger partial charge is 0.310 e. The van der Waals surface area contributed by atoms with Gasteiger partial charge in [-0.3, -0.25) is 0 Å². The van der Waals surface area contributed by atoms with Gasteiger partial charge in [-0.25, -0.2) is 0 Å². The molecule has 0 saturated heterocycles. The molecule has 2 fully saturated rings. The van der Waals surface area contributed by atoms with Crippen molar-refractivity contribution in [3.05, 3.63) is 300 Å². The van der Waals surface area contributed by atoms with Gasteiger partial charge >= 0.3 is 0 Å². The molecule has 2 heteroatoms. The van der Waals surface area contributed by atoms with Crippen LogP contribution < -0.4 is 9.80 Å². The lowest BCUT2D eigenvalue weighted by molar-refractivity contribution is 0.116. The molecule has 0 N–H and O–H groups in total. The van der Waals surface area contributed by atoms with E-state index < -0.39 is 5.41 Å². The maximum Gasteiger partial charge on any atom is 0.0543 e. The number of nitrogens with zero attached hydrogens (tertiary/aromatic N) is 2. The van der Waals surface area contributed by atoms with Crippen molar-refractivity contribution < 1.29 is 0 Å². The fourth-order valence-electron chi connectivity index (χ4n) is 16.1. The molecule has 0 aliphatic heterocycles. The van der Waals surface area contributed by atoms with Crippen LogP contribution in [0.1, 0.15) is 99.1 Å². The summed E-state index contributed by atoms with van der Waals surface area (Å²) in [6.07, 6.45) is 6.93. The van der Waals surface area contributed by atoms with Crippen LogP contribution in [0.15, 0.2) is 267 Å². The average molecular weight is 1070 g/mol. The molecule has 83 heavy (non-hydrogen) atoms. The molecule has 0 spiro atoms. The van der Waals surface area contributed by atoms with Crippen LogP contribution in [0.2, 0.25) is 0 Å². The number of rotatable bonds is 11. The van der Waals surface area contributed by atoms with Gasteiger partial charge in [-0.2, -0.15) is 0 Å². The third-order valence-corrected chi connectivity index (χ3v) is 19.9. The van der Waals surface area contributed by atoms with E-state index in [1.54, 1.807) is 0 Å². The highest BCUT2D eigenvalue weighted by atomic mass is 15.2. The lowest BCUT2D eigenvalue weighted by Gasteiger charge is -2.44. The Morgan fingerprint density at radius 2 is 0.831 bits per heavy atom. The molecule has 0 aromatic heterocycles. The summed E-state index contributed by atoms with van der Waals surface area (Å²) in [4.78, 5) is 5.00. The Labute approximate surface area is 491 Å². The number of benzene rings is 11. The van der Waals surface area contributed by atoms with Crippen molar-refractivity contribution in [1.29, 1.82) is 0 Å². The van der Waals surface area contributed by atoms with Gasteiger partial charge in [-0.15, -0.1) is 0 Å². The first kappa shape index (κ1) is 50.9. The standard InChI is InChI=1S/C81H70N2/c1-54-48-55-24-23-29-60(49-55)79(54)58-40-43-63(44-41-58)82(61-30-13-7-14-31-61)77-47-42-59(50-68(77)56-25-9-5-10-26-56)65-34-17-21-38-74(65)81(4)75-39-22-19-36-67(75)71-52-69(57-27-11-6-12-28-57)78(53-76(71)81)83(62-32-15-8-16-33-62)64-45-46-73-70(51-64)66-35-18-20-37-72(66)80(73,2)3/h5-22,25-28,30-47,50-55,60,79H,23-24,29,48-49H2,1-4H3. The Hall–Kier alpha value is -8.98. The first-order valence-electron chi connectivity index (χ1n) is 30.4. The van der Waals surface area contributed by atoms with E-state index in [0.29, 0.717) is 11.8 Å². The monoisotopic (exact) mass is 1070 g/mol. The first-order chi connectivity index (χ1) is 40.7. The normalized spacial score (nSPS) is 19.7. The van der Waals surface area contributed by atoms with E-state index in [2.05, 4.69) is 304 Å².